The van der Waals surface area contributed by atoms with Crippen molar-refractivity contribution in [1.29, 1.82) is 0 Å². The van der Waals surface area contributed by atoms with E-state index in [1.807, 2.05) is 18.3 Å². The van der Waals surface area contributed by atoms with Crippen molar-refractivity contribution < 1.29 is 4.39 Å². The lowest BCUT2D eigenvalue weighted by Gasteiger charge is -2.35. The van der Waals surface area contributed by atoms with Crippen LogP contribution in [-0.4, -0.2) is 47.6 Å². The van der Waals surface area contributed by atoms with Crippen molar-refractivity contribution in [1.82, 2.24) is 14.9 Å². The Hall–Kier alpha value is -2.01. The summed E-state index contributed by atoms with van der Waals surface area (Å²) in [6.07, 6.45) is 6.21. The highest BCUT2D eigenvalue weighted by Gasteiger charge is 2.17. The largest absolute Gasteiger partial charge is 0.353 e. The highest BCUT2D eigenvalue weighted by Crippen LogP contribution is 2.12. The molecule has 2 heterocycles. The number of hydrogen-bond donors (Lipinski definition) is 0. The van der Waals surface area contributed by atoms with Crippen LogP contribution < -0.4 is 4.90 Å². The molecule has 0 amide bonds. The van der Waals surface area contributed by atoms with Gasteiger partial charge in [-0.1, -0.05) is 12.1 Å². The molecule has 1 aromatic heterocycles. The first-order valence-corrected chi connectivity index (χ1v) is 7.29. The van der Waals surface area contributed by atoms with Crippen molar-refractivity contribution >= 4 is 5.82 Å². The van der Waals surface area contributed by atoms with Gasteiger partial charge in [0, 0.05) is 45.1 Å². The van der Waals surface area contributed by atoms with Crippen molar-refractivity contribution in [3.8, 4) is 0 Å². The van der Waals surface area contributed by atoms with Crippen molar-refractivity contribution in [2.45, 2.75) is 6.42 Å². The van der Waals surface area contributed by atoms with Crippen LogP contribution in [0.3, 0.4) is 0 Å². The second kappa shape index (κ2) is 6.63. The number of hydrogen-bond acceptors (Lipinski definition) is 4. The number of halogens is 1. The number of piperazine rings is 1. The Morgan fingerprint density at radius 3 is 2.43 bits per heavy atom. The van der Waals surface area contributed by atoms with Gasteiger partial charge in [-0.05, 0) is 24.1 Å². The van der Waals surface area contributed by atoms with E-state index >= 15 is 0 Å². The molecule has 1 fully saturated rings. The number of rotatable bonds is 4. The summed E-state index contributed by atoms with van der Waals surface area (Å²) in [4.78, 5) is 13.2. The van der Waals surface area contributed by atoms with Crippen LogP contribution in [0.15, 0.2) is 42.9 Å². The number of nitrogens with zero attached hydrogens (tertiary/aromatic N) is 4. The van der Waals surface area contributed by atoms with Crippen molar-refractivity contribution in [3.05, 3.63) is 54.2 Å². The van der Waals surface area contributed by atoms with Gasteiger partial charge < -0.3 is 4.90 Å². The van der Waals surface area contributed by atoms with Gasteiger partial charge in [-0.15, -0.1) is 0 Å². The molecule has 0 atom stereocenters. The smallest absolute Gasteiger partial charge is 0.147 e. The van der Waals surface area contributed by atoms with Crippen LogP contribution in [0, 0.1) is 5.82 Å². The van der Waals surface area contributed by atoms with E-state index in [-0.39, 0.29) is 5.82 Å². The van der Waals surface area contributed by atoms with Gasteiger partial charge in [-0.2, -0.15) is 0 Å². The van der Waals surface area contributed by atoms with Gasteiger partial charge in [-0.25, -0.2) is 9.37 Å². The Morgan fingerprint density at radius 2 is 1.76 bits per heavy atom. The van der Waals surface area contributed by atoms with Crippen molar-refractivity contribution in [2.75, 3.05) is 37.6 Å². The molecule has 110 valence electrons. The summed E-state index contributed by atoms with van der Waals surface area (Å²) in [5, 5.41) is 0. The number of aromatic nitrogens is 2. The lowest BCUT2D eigenvalue weighted by molar-refractivity contribution is 0.260. The second-order valence-corrected chi connectivity index (χ2v) is 5.27. The van der Waals surface area contributed by atoms with Gasteiger partial charge >= 0.3 is 0 Å². The quantitative estimate of drug-likeness (QED) is 0.860. The fourth-order valence-corrected chi connectivity index (χ4v) is 2.59. The minimum Gasteiger partial charge on any atom is -0.353 e. The normalized spacial score (nSPS) is 16.1. The molecule has 3 rings (SSSR count). The fraction of sp³-hybridized carbons (Fsp3) is 0.375. The van der Waals surface area contributed by atoms with Crippen LogP contribution >= 0.6 is 0 Å². The summed E-state index contributed by atoms with van der Waals surface area (Å²) in [5.74, 6) is 0.784. The van der Waals surface area contributed by atoms with E-state index in [0.29, 0.717) is 0 Å². The Morgan fingerprint density at radius 1 is 1.00 bits per heavy atom. The lowest BCUT2D eigenvalue weighted by atomic mass is 10.1. The van der Waals surface area contributed by atoms with Gasteiger partial charge in [0.25, 0.3) is 0 Å². The third kappa shape index (κ3) is 3.76. The van der Waals surface area contributed by atoms with E-state index in [9.17, 15) is 4.39 Å². The third-order valence-corrected chi connectivity index (χ3v) is 3.88. The molecule has 1 saturated heterocycles. The highest BCUT2D eigenvalue weighted by atomic mass is 19.1. The zero-order valence-electron chi connectivity index (χ0n) is 12.0. The standard InChI is InChI=1S/C16H19FN4/c17-15-3-1-14(2-4-15)5-8-20-9-11-21(12-10-20)16-13-18-6-7-19-16/h1-4,6-7,13H,5,8-12H2. The van der Waals surface area contributed by atoms with Crippen molar-refractivity contribution in [2.24, 2.45) is 0 Å². The minimum absolute atomic E-state index is 0.170. The number of anilines is 1. The molecular weight excluding hydrogens is 267 g/mol. The van der Waals surface area contributed by atoms with E-state index in [2.05, 4.69) is 19.8 Å². The first-order valence-electron chi connectivity index (χ1n) is 7.29. The molecule has 0 aliphatic carbocycles. The third-order valence-electron chi connectivity index (χ3n) is 3.88. The average Bonchev–Trinajstić information content (AvgIpc) is 2.56. The molecule has 0 N–H and O–H groups in total. The van der Waals surface area contributed by atoms with Crippen LogP contribution in [0.25, 0.3) is 0 Å². The second-order valence-electron chi connectivity index (χ2n) is 5.27. The SMILES string of the molecule is Fc1ccc(CCN2CCN(c3cnccn3)CC2)cc1. The van der Waals surface area contributed by atoms with Crippen LogP contribution in [0.2, 0.25) is 0 Å². The topological polar surface area (TPSA) is 32.3 Å². The molecule has 0 bridgehead atoms. The van der Waals surface area contributed by atoms with E-state index in [0.717, 1.165) is 45.0 Å². The molecule has 2 aromatic rings. The zero-order valence-corrected chi connectivity index (χ0v) is 12.0. The van der Waals surface area contributed by atoms with Crippen LogP contribution in [-0.2, 0) is 6.42 Å². The van der Waals surface area contributed by atoms with Crippen LogP contribution in [0.4, 0.5) is 10.2 Å². The van der Waals surface area contributed by atoms with E-state index in [1.165, 1.54) is 17.7 Å². The van der Waals surface area contributed by atoms with E-state index in [4.69, 9.17) is 0 Å². The lowest BCUT2D eigenvalue weighted by Crippen LogP contribution is -2.47. The maximum absolute atomic E-state index is 12.9. The van der Waals surface area contributed by atoms with Crippen LogP contribution in [0.1, 0.15) is 5.56 Å². The molecular formula is C16H19FN4. The van der Waals surface area contributed by atoms with E-state index < -0.39 is 0 Å². The van der Waals surface area contributed by atoms with Gasteiger partial charge in [0.15, 0.2) is 0 Å². The fourth-order valence-electron chi connectivity index (χ4n) is 2.59. The molecule has 1 aromatic carbocycles. The first-order chi connectivity index (χ1) is 10.3. The minimum atomic E-state index is -0.170. The predicted molar refractivity (Wildman–Crippen MR) is 80.8 cm³/mol. The van der Waals surface area contributed by atoms with Gasteiger partial charge in [0.1, 0.15) is 11.6 Å². The first kappa shape index (κ1) is 13.9. The Kier molecular flexibility index (Phi) is 4.40. The van der Waals surface area contributed by atoms with Gasteiger partial charge in [-0.3, -0.25) is 9.88 Å². The predicted octanol–water partition coefficient (Wildman–Crippen LogP) is 1.98. The molecule has 0 spiro atoms. The van der Waals surface area contributed by atoms with E-state index in [1.54, 1.807) is 12.4 Å². The summed E-state index contributed by atoms with van der Waals surface area (Å²) in [6.45, 7) is 5.01. The summed E-state index contributed by atoms with van der Waals surface area (Å²) in [5.41, 5.74) is 1.19. The average molecular weight is 286 g/mol. The van der Waals surface area contributed by atoms with Gasteiger partial charge in [0.05, 0.1) is 6.20 Å². The van der Waals surface area contributed by atoms with Crippen LogP contribution in [0.5, 0.6) is 0 Å². The van der Waals surface area contributed by atoms with Gasteiger partial charge in [0.2, 0.25) is 0 Å². The molecule has 21 heavy (non-hydrogen) atoms. The monoisotopic (exact) mass is 286 g/mol. The molecule has 0 radical (unpaired) electrons. The molecule has 1 aliphatic heterocycles. The molecule has 0 unspecified atom stereocenters. The Balaban J connectivity index is 1.47. The summed E-state index contributed by atoms with van der Waals surface area (Å²) >= 11 is 0. The summed E-state index contributed by atoms with van der Waals surface area (Å²) in [7, 11) is 0. The van der Waals surface area contributed by atoms with Crippen molar-refractivity contribution in [3.63, 3.8) is 0 Å². The molecule has 0 saturated carbocycles. The molecule has 4 nitrogen and oxygen atoms in total. The Labute approximate surface area is 124 Å². The summed E-state index contributed by atoms with van der Waals surface area (Å²) < 4.78 is 12.9. The highest BCUT2D eigenvalue weighted by molar-refractivity contribution is 5.35. The molecule has 1 aliphatic rings. The molecule has 5 heteroatoms. The number of benzene rings is 1. The zero-order chi connectivity index (χ0) is 14.5. The summed E-state index contributed by atoms with van der Waals surface area (Å²) in [6, 6.07) is 6.79. The Bertz CT molecular complexity index is 550. The maximum Gasteiger partial charge on any atom is 0.147 e. The maximum atomic E-state index is 12.9.